The van der Waals surface area contributed by atoms with Crippen LogP contribution in [0.3, 0.4) is 0 Å². The van der Waals surface area contributed by atoms with Crippen LogP contribution in [0, 0.1) is 5.92 Å². The number of nitrogens with zero attached hydrogens (tertiary/aromatic N) is 1. The predicted molar refractivity (Wildman–Crippen MR) is 56.4 cm³/mol. The van der Waals surface area contributed by atoms with Crippen LogP contribution < -0.4 is 0 Å². The zero-order valence-electron chi connectivity index (χ0n) is 8.09. The van der Waals surface area contributed by atoms with Gasteiger partial charge in [-0.1, -0.05) is 32.9 Å². The van der Waals surface area contributed by atoms with Crippen molar-refractivity contribution < 1.29 is 0 Å². The summed E-state index contributed by atoms with van der Waals surface area (Å²) >= 11 is 0. The summed E-state index contributed by atoms with van der Waals surface area (Å²) in [6.07, 6.45) is 2.38. The van der Waals surface area contributed by atoms with Crippen LogP contribution in [0.4, 0.5) is 0 Å². The molecule has 0 bridgehead atoms. The lowest BCUT2D eigenvalue weighted by molar-refractivity contribution is 0.280. The highest BCUT2D eigenvalue weighted by Crippen LogP contribution is 2.18. The van der Waals surface area contributed by atoms with Crippen molar-refractivity contribution in [1.29, 1.82) is 0 Å². The van der Waals surface area contributed by atoms with Crippen LogP contribution in [0.5, 0.6) is 0 Å². The van der Waals surface area contributed by atoms with Gasteiger partial charge in [-0.15, -0.1) is 0 Å². The molecule has 72 valence electrons. The van der Waals surface area contributed by atoms with Crippen LogP contribution in [0.2, 0.25) is 0 Å². The molecule has 0 aromatic rings. The van der Waals surface area contributed by atoms with Gasteiger partial charge >= 0.3 is 0 Å². The maximum Gasteiger partial charge on any atom is 0.0201 e. The molecule has 0 aromatic heterocycles. The zero-order chi connectivity index (χ0) is 8.43. The monoisotopic (exact) mass is 169 g/mol. The minimum absolute atomic E-state index is 0. The van der Waals surface area contributed by atoms with E-state index in [0.29, 0.717) is 6.04 Å². The van der Waals surface area contributed by atoms with Crippen molar-refractivity contribution in [3.8, 4) is 0 Å². The number of hydrogen-bond acceptors (Lipinski definition) is 1. The molecule has 0 aromatic carbocycles. The molecule has 1 heteroatoms. The molecule has 0 saturated heterocycles. The Morgan fingerprint density at radius 1 is 1.25 bits per heavy atom. The first kappa shape index (κ1) is 11.7. The summed E-state index contributed by atoms with van der Waals surface area (Å²) in [5.41, 5.74) is 1.61. The maximum absolute atomic E-state index is 2.50. The molecule has 0 spiro atoms. The SMILES string of the molecule is C.CC(C)C1=CCN(C(C)C)C1. The fourth-order valence-electron chi connectivity index (χ4n) is 1.41. The van der Waals surface area contributed by atoms with E-state index in [1.165, 1.54) is 6.54 Å². The average molecular weight is 169 g/mol. The molecule has 0 saturated carbocycles. The largest absolute Gasteiger partial charge is 0.293 e. The minimum atomic E-state index is 0. The molecule has 0 radical (unpaired) electrons. The van der Waals surface area contributed by atoms with E-state index in [2.05, 4.69) is 38.7 Å². The number of hydrogen-bond donors (Lipinski definition) is 0. The molecule has 0 amide bonds. The van der Waals surface area contributed by atoms with E-state index < -0.39 is 0 Å². The van der Waals surface area contributed by atoms with Crippen molar-refractivity contribution in [1.82, 2.24) is 4.90 Å². The highest BCUT2D eigenvalue weighted by Gasteiger charge is 2.17. The van der Waals surface area contributed by atoms with Gasteiger partial charge < -0.3 is 0 Å². The van der Waals surface area contributed by atoms with E-state index in [1.54, 1.807) is 5.57 Å². The van der Waals surface area contributed by atoms with Gasteiger partial charge in [0.1, 0.15) is 0 Å². The van der Waals surface area contributed by atoms with Gasteiger partial charge in [-0.25, -0.2) is 0 Å². The summed E-state index contributed by atoms with van der Waals surface area (Å²) in [4.78, 5) is 2.50. The van der Waals surface area contributed by atoms with Crippen LogP contribution in [0.15, 0.2) is 11.6 Å². The van der Waals surface area contributed by atoms with E-state index in [1.807, 2.05) is 0 Å². The Morgan fingerprint density at radius 2 is 1.83 bits per heavy atom. The topological polar surface area (TPSA) is 3.24 Å². The molecule has 0 aliphatic carbocycles. The lowest BCUT2D eigenvalue weighted by Crippen LogP contribution is -2.28. The molecule has 0 unspecified atom stereocenters. The molecule has 1 aliphatic rings. The Morgan fingerprint density at radius 3 is 2.08 bits per heavy atom. The van der Waals surface area contributed by atoms with Gasteiger partial charge in [-0.2, -0.15) is 0 Å². The summed E-state index contributed by atoms with van der Waals surface area (Å²) in [6, 6.07) is 0.697. The quantitative estimate of drug-likeness (QED) is 0.574. The van der Waals surface area contributed by atoms with E-state index in [9.17, 15) is 0 Å². The molecule has 1 rings (SSSR count). The van der Waals surface area contributed by atoms with Crippen molar-refractivity contribution in [3.63, 3.8) is 0 Å². The average Bonchev–Trinajstić information content (AvgIpc) is 2.33. The fraction of sp³-hybridized carbons (Fsp3) is 0.818. The summed E-state index contributed by atoms with van der Waals surface area (Å²) in [5, 5.41) is 0. The van der Waals surface area contributed by atoms with Crippen LogP contribution in [0.25, 0.3) is 0 Å². The van der Waals surface area contributed by atoms with Gasteiger partial charge in [0.05, 0.1) is 0 Å². The molecular weight excluding hydrogens is 146 g/mol. The standard InChI is InChI=1S/C10H19N.CH4/c1-8(2)10-5-6-11(7-10)9(3)4;/h5,8-9H,6-7H2,1-4H3;1H4. The van der Waals surface area contributed by atoms with Gasteiger partial charge in [0.2, 0.25) is 0 Å². The fourth-order valence-corrected chi connectivity index (χ4v) is 1.41. The van der Waals surface area contributed by atoms with Gasteiger partial charge in [0.15, 0.2) is 0 Å². The second kappa shape index (κ2) is 4.66. The third kappa shape index (κ3) is 2.63. The van der Waals surface area contributed by atoms with Crippen molar-refractivity contribution in [2.75, 3.05) is 13.1 Å². The maximum atomic E-state index is 2.50. The Hall–Kier alpha value is -0.300. The zero-order valence-corrected chi connectivity index (χ0v) is 8.09. The molecular formula is C11H23N. The highest BCUT2D eigenvalue weighted by atomic mass is 15.2. The molecule has 0 atom stereocenters. The van der Waals surface area contributed by atoms with E-state index in [4.69, 9.17) is 0 Å². The van der Waals surface area contributed by atoms with Gasteiger partial charge in [-0.3, -0.25) is 4.90 Å². The third-order valence-electron chi connectivity index (χ3n) is 2.45. The number of rotatable bonds is 2. The van der Waals surface area contributed by atoms with Crippen LogP contribution in [0.1, 0.15) is 35.1 Å². The molecule has 1 nitrogen and oxygen atoms in total. The lowest BCUT2D eigenvalue weighted by Gasteiger charge is -2.20. The molecule has 0 N–H and O–H groups in total. The molecule has 12 heavy (non-hydrogen) atoms. The second-order valence-corrected chi connectivity index (χ2v) is 3.96. The summed E-state index contributed by atoms with van der Waals surface area (Å²) < 4.78 is 0. The Balaban J connectivity index is 0.00000121. The molecule has 1 heterocycles. The Labute approximate surface area is 77.5 Å². The first-order valence-corrected chi connectivity index (χ1v) is 4.54. The van der Waals surface area contributed by atoms with Gasteiger partial charge in [0, 0.05) is 19.1 Å². The highest BCUT2D eigenvalue weighted by molar-refractivity contribution is 5.14. The summed E-state index contributed by atoms with van der Waals surface area (Å²) in [5.74, 6) is 0.735. The van der Waals surface area contributed by atoms with E-state index in [-0.39, 0.29) is 7.43 Å². The summed E-state index contributed by atoms with van der Waals surface area (Å²) in [6.45, 7) is 11.4. The second-order valence-electron chi connectivity index (χ2n) is 3.96. The molecule has 1 aliphatic heterocycles. The third-order valence-corrected chi connectivity index (χ3v) is 2.45. The van der Waals surface area contributed by atoms with Crippen molar-refractivity contribution >= 4 is 0 Å². The van der Waals surface area contributed by atoms with E-state index in [0.717, 1.165) is 12.5 Å². The lowest BCUT2D eigenvalue weighted by atomic mass is 10.1. The normalized spacial score (nSPS) is 18.3. The van der Waals surface area contributed by atoms with E-state index >= 15 is 0 Å². The van der Waals surface area contributed by atoms with Gasteiger partial charge in [0.25, 0.3) is 0 Å². The summed E-state index contributed by atoms with van der Waals surface area (Å²) in [7, 11) is 0. The smallest absolute Gasteiger partial charge is 0.0201 e. The van der Waals surface area contributed by atoms with Crippen LogP contribution >= 0.6 is 0 Å². The Kier molecular flexibility index (Phi) is 4.54. The van der Waals surface area contributed by atoms with Crippen molar-refractivity contribution in [3.05, 3.63) is 11.6 Å². The first-order chi connectivity index (χ1) is 5.11. The van der Waals surface area contributed by atoms with Gasteiger partial charge in [-0.05, 0) is 19.8 Å². The van der Waals surface area contributed by atoms with Crippen molar-refractivity contribution in [2.45, 2.75) is 41.2 Å². The minimum Gasteiger partial charge on any atom is -0.293 e. The van der Waals surface area contributed by atoms with Crippen LogP contribution in [-0.4, -0.2) is 24.0 Å². The predicted octanol–water partition coefficient (Wildman–Crippen LogP) is 2.93. The van der Waals surface area contributed by atoms with Crippen molar-refractivity contribution in [2.24, 2.45) is 5.92 Å². The Bertz CT molecular complexity index is 156. The molecule has 0 fully saturated rings. The first-order valence-electron chi connectivity index (χ1n) is 4.54. The van der Waals surface area contributed by atoms with Crippen LogP contribution in [-0.2, 0) is 0 Å².